The number of nitrogens with one attached hydrogen (secondary N) is 2. The summed E-state index contributed by atoms with van der Waals surface area (Å²) in [4.78, 5) is 12.1. The van der Waals surface area contributed by atoms with Crippen LogP contribution in [-0.2, 0) is 13.0 Å². The molecule has 3 aromatic rings. The summed E-state index contributed by atoms with van der Waals surface area (Å²) in [7, 11) is 0. The largest absolute Gasteiger partial charge is 0.356 e. The summed E-state index contributed by atoms with van der Waals surface area (Å²) in [5.74, 6) is 0. The Balaban J connectivity index is 1.67. The Bertz CT molecular complexity index is 839. The van der Waals surface area contributed by atoms with Gasteiger partial charge in [-0.15, -0.1) is 0 Å². The monoisotopic (exact) mass is 309 g/mol. The zero-order chi connectivity index (χ0) is 16.2. The molecular weight excluding hydrogens is 290 g/mol. The molecule has 0 unspecified atom stereocenters. The summed E-state index contributed by atoms with van der Waals surface area (Å²) in [5, 5.41) is 10.7. The lowest BCUT2D eigenvalue weighted by atomic mass is 10.1. The van der Waals surface area contributed by atoms with E-state index in [0.29, 0.717) is 6.54 Å². The molecule has 118 valence electrons. The topological polar surface area (TPSA) is 67.2 Å². The molecular formula is C18H19N3O2. The number of hydrogen-bond acceptors (Lipinski definition) is 3. The molecule has 23 heavy (non-hydrogen) atoms. The molecule has 1 heterocycles. The molecule has 0 aliphatic rings. The maximum absolute atomic E-state index is 12.1. The zero-order valence-corrected chi connectivity index (χ0v) is 13.2. The fourth-order valence-electron chi connectivity index (χ4n) is 2.51. The maximum Gasteiger partial charge on any atom is 0.319 e. The van der Waals surface area contributed by atoms with Crippen molar-refractivity contribution in [3.63, 3.8) is 0 Å². The van der Waals surface area contributed by atoms with Gasteiger partial charge >= 0.3 is 6.03 Å². The van der Waals surface area contributed by atoms with E-state index in [1.165, 1.54) is 0 Å². The van der Waals surface area contributed by atoms with Crippen LogP contribution in [0.5, 0.6) is 0 Å². The van der Waals surface area contributed by atoms with Gasteiger partial charge in [0.15, 0.2) is 5.58 Å². The van der Waals surface area contributed by atoms with E-state index in [2.05, 4.69) is 22.7 Å². The molecule has 0 radical (unpaired) electrons. The summed E-state index contributed by atoms with van der Waals surface area (Å²) in [6.07, 6.45) is 0.865. The number of benzene rings is 2. The lowest BCUT2D eigenvalue weighted by Crippen LogP contribution is -2.28. The Morgan fingerprint density at radius 1 is 1.22 bits per heavy atom. The minimum atomic E-state index is -0.255. The highest BCUT2D eigenvalue weighted by atomic mass is 16.5. The van der Waals surface area contributed by atoms with Crippen LogP contribution in [0.15, 0.2) is 47.0 Å². The van der Waals surface area contributed by atoms with Gasteiger partial charge in [-0.3, -0.25) is 0 Å². The van der Waals surface area contributed by atoms with E-state index < -0.39 is 0 Å². The van der Waals surface area contributed by atoms with Gasteiger partial charge in [0.2, 0.25) is 0 Å². The van der Waals surface area contributed by atoms with E-state index in [-0.39, 0.29) is 6.03 Å². The number of urea groups is 1. The van der Waals surface area contributed by atoms with E-state index in [9.17, 15) is 4.79 Å². The third kappa shape index (κ3) is 3.34. The van der Waals surface area contributed by atoms with Crippen molar-refractivity contribution in [3.8, 4) is 0 Å². The molecule has 0 aliphatic heterocycles. The number of anilines is 1. The molecule has 1 aromatic heterocycles. The average Bonchev–Trinajstić information content (AvgIpc) is 2.95. The van der Waals surface area contributed by atoms with Crippen LogP contribution in [0.25, 0.3) is 11.0 Å². The maximum atomic E-state index is 12.1. The van der Waals surface area contributed by atoms with Crippen molar-refractivity contribution in [3.05, 3.63) is 59.3 Å². The molecule has 0 spiro atoms. The van der Waals surface area contributed by atoms with Gasteiger partial charge in [0.05, 0.1) is 6.54 Å². The quantitative estimate of drug-likeness (QED) is 0.765. The van der Waals surface area contributed by atoms with Crippen molar-refractivity contribution in [1.82, 2.24) is 10.5 Å². The normalized spacial score (nSPS) is 10.7. The first-order valence-corrected chi connectivity index (χ1v) is 7.65. The van der Waals surface area contributed by atoms with Gasteiger partial charge in [-0.1, -0.05) is 41.9 Å². The highest BCUT2D eigenvalue weighted by Crippen LogP contribution is 2.20. The smallest absolute Gasteiger partial charge is 0.319 e. The van der Waals surface area contributed by atoms with Crippen LogP contribution in [0.2, 0.25) is 0 Å². The highest BCUT2D eigenvalue weighted by molar-refractivity contribution is 5.90. The van der Waals surface area contributed by atoms with Crippen LogP contribution >= 0.6 is 0 Å². The number of fused-ring (bicyclic) bond motifs is 1. The van der Waals surface area contributed by atoms with E-state index in [4.69, 9.17) is 4.52 Å². The van der Waals surface area contributed by atoms with E-state index in [1.807, 2.05) is 49.4 Å². The Kier molecular flexibility index (Phi) is 4.28. The molecule has 0 saturated carbocycles. The lowest BCUT2D eigenvalue weighted by molar-refractivity contribution is 0.251. The Hall–Kier alpha value is -2.82. The van der Waals surface area contributed by atoms with Crippen LogP contribution in [0.4, 0.5) is 10.5 Å². The van der Waals surface area contributed by atoms with Crippen molar-refractivity contribution in [1.29, 1.82) is 0 Å². The predicted octanol–water partition coefficient (Wildman–Crippen LogP) is 4.02. The Labute approximate surface area is 134 Å². The molecule has 2 aromatic carbocycles. The van der Waals surface area contributed by atoms with E-state index >= 15 is 0 Å². The van der Waals surface area contributed by atoms with Gasteiger partial charge in [-0.05, 0) is 37.1 Å². The predicted molar refractivity (Wildman–Crippen MR) is 90.4 cm³/mol. The minimum Gasteiger partial charge on any atom is -0.356 e. The molecule has 0 fully saturated rings. The summed E-state index contributed by atoms with van der Waals surface area (Å²) in [5.41, 5.74) is 4.51. The standard InChI is InChI=1S/C18H19N3O2/c1-3-13-6-4-5-7-15(13)20-18(22)19-11-16-14-10-12(2)8-9-17(14)23-21-16/h4-10H,3,11H2,1-2H3,(H2,19,20,22). The third-order valence-corrected chi connectivity index (χ3v) is 3.76. The molecule has 5 heteroatoms. The number of para-hydroxylation sites is 1. The number of aromatic nitrogens is 1. The second-order valence-electron chi connectivity index (χ2n) is 5.45. The number of carbonyl (C=O) groups is 1. The fraction of sp³-hybridized carbons (Fsp3) is 0.222. The molecule has 2 N–H and O–H groups in total. The van der Waals surface area contributed by atoms with Crippen LogP contribution < -0.4 is 10.6 Å². The number of nitrogens with zero attached hydrogens (tertiary/aromatic N) is 1. The van der Waals surface area contributed by atoms with Gasteiger partial charge in [-0.2, -0.15) is 0 Å². The van der Waals surface area contributed by atoms with Crippen LogP contribution in [0.3, 0.4) is 0 Å². The Morgan fingerprint density at radius 3 is 2.87 bits per heavy atom. The summed E-state index contributed by atoms with van der Waals surface area (Å²) >= 11 is 0. The molecule has 0 bridgehead atoms. The number of rotatable bonds is 4. The Morgan fingerprint density at radius 2 is 2.04 bits per heavy atom. The lowest BCUT2D eigenvalue weighted by Gasteiger charge is -2.10. The summed E-state index contributed by atoms with van der Waals surface area (Å²) < 4.78 is 5.27. The van der Waals surface area contributed by atoms with Crippen molar-refractivity contribution in [2.45, 2.75) is 26.8 Å². The molecule has 0 saturated heterocycles. The molecule has 2 amide bonds. The number of amides is 2. The van der Waals surface area contributed by atoms with Crippen molar-refractivity contribution < 1.29 is 9.32 Å². The zero-order valence-electron chi connectivity index (χ0n) is 13.2. The number of carbonyl (C=O) groups excluding carboxylic acids is 1. The fourth-order valence-corrected chi connectivity index (χ4v) is 2.51. The first-order chi connectivity index (χ1) is 11.2. The second-order valence-corrected chi connectivity index (χ2v) is 5.45. The first kappa shape index (κ1) is 15.1. The molecule has 0 atom stereocenters. The van der Waals surface area contributed by atoms with Gasteiger partial charge in [-0.25, -0.2) is 4.79 Å². The first-order valence-electron chi connectivity index (χ1n) is 7.65. The van der Waals surface area contributed by atoms with Crippen LogP contribution in [0.1, 0.15) is 23.7 Å². The summed E-state index contributed by atoms with van der Waals surface area (Å²) in [6.45, 7) is 4.39. The van der Waals surface area contributed by atoms with E-state index in [0.717, 1.165) is 39.9 Å². The number of aryl methyl sites for hydroxylation is 2. The van der Waals surface area contributed by atoms with Crippen LogP contribution in [-0.4, -0.2) is 11.2 Å². The molecule has 5 nitrogen and oxygen atoms in total. The third-order valence-electron chi connectivity index (χ3n) is 3.76. The SMILES string of the molecule is CCc1ccccc1NC(=O)NCc1noc2ccc(C)cc12. The van der Waals surface area contributed by atoms with E-state index in [1.54, 1.807) is 0 Å². The molecule has 3 rings (SSSR count). The van der Waals surface area contributed by atoms with Gasteiger partial charge in [0.1, 0.15) is 5.69 Å². The number of hydrogen-bond donors (Lipinski definition) is 2. The second kappa shape index (κ2) is 6.52. The minimum absolute atomic E-state index is 0.255. The highest BCUT2D eigenvalue weighted by Gasteiger charge is 2.10. The van der Waals surface area contributed by atoms with Crippen molar-refractivity contribution in [2.75, 3.05) is 5.32 Å². The summed E-state index contributed by atoms with van der Waals surface area (Å²) in [6, 6.07) is 13.4. The van der Waals surface area contributed by atoms with Gasteiger partial charge in [0.25, 0.3) is 0 Å². The van der Waals surface area contributed by atoms with Crippen molar-refractivity contribution in [2.24, 2.45) is 0 Å². The van der Waals surface area contributed by atoms with Crippen LogP contribution in [0, 0.1) is 6.92 Å². The van der Waals surface area contributed by atoms with Gasteiger partial charge in [0, 0.05) is 11.1 Å². The van der Waals surface area contributed by atoms with Gasteiger partial charge < -0.3 is 15.2 Å². The average molecular weight is 309 g/mol. The van der Waals surface area contributed by atoms with Crippen molar-refractivity contribution >= 4 is 22.7 Å². The molecule has 0 aliphatic carbocycles.